The maximum Gasteiger partial charge on any atom is 0.275 e. The van der Waals surface area contributed by atoms with Crippen LogP contribution in [0.2, 0.25) is 5.02 Å². The Balaban J connectivity index is 1.63. The molecule has 0 radical (unpaired) electrons. The van der Waals surface area contributed by atoms with Gasteiger partial charge in [0.15, 0.2) is 11.5 Å². The summed E-state index contributed by atoms with van der Waals surface area (Å²) in [7, 11) is 3.97. The minimum atomic E-state index is -0.313. The molecule has 3 rings (SSSR count). The number of rotatable bonds is 6. The predicted molar refractivity (Wildman–Crippen MR) is 103 cm³/mol. The van der Waals surface area contributed by atoms with E-state index in [0.717, 1.165) is 16.9 Å². The molecule has 8 heteroatoms. The molecule has 3 aromatic rings. The molecule has 134 valence electrons. The molecule has 0 saturated carbocycles. The third-order valence-electron chi connectivity index (χ3n) is 3.78. The summed E-state index contributed by atoms with van der Waals surface area (Å²) in [5, 5.41) is 16.9. The normalized spacial score (nSPS) is 10.4. The Hall–Kier alpha value is -3.06. The van der Waals surface area contributed by atoms with E-state index in [1.54, 1.807) is 24.3 Å². The molecule has 2 aromatic carbocycles. The SMILES string of the molecule is CN(C)c1ccc(CNC(=O)c2n[nH]nc2Nc2ccc(Cl)cc2)cc1. The van der Waals surface area contributed by atoms with Gasteiger partial charge < -0.3 is 15.5 Å². The molecule has 1 aromatic heterocycles. The maximum absolute atomic E-state index is 12.4. The van der Waals surface area contributed by atoms with E-state index in [1.165, 1.54) is 0 Å². The minimum Gasteiger partial charge on any atom is -0.378 e. The zero-order chi connectivity index (χ0) is 18.5. The first-order valence-corrected chi connectivity index (χ1v) is 8.38. The molecule has 0 saturated heterocycles. The van der Waals surface area contributed by atoms with Crippen molar-refractivity contribution >= 4 is 34.7 Å². The molecule has 0 spiro atoms. The molecule has 1 amide bonds. The van der Waals surface area contributed by atoms with Crippen LogP contribution in [0.25, 0.3) is 0 Å². The van der Waals surface area contributed by atoms with Crippen LogP contribution in [0.4, 0.5) is 17.2 Å². The highest BCUT2D eigenvalue weighted by Crippen LogP contribution is 2.19. The highest BCUT2D eigenvalue weighted by molar-refractivity contribution is 6.30. The second kappa shape index (κ2) is 7.88. The molecule has 1 heterocycles. The van der Waals surface area contributed by atoms with Crippen LogP contribution in [0.15, 0.2) is 48.5 Å². The van der Waals surface area contributed by atoms with Crippen molar-refractivity contribution in [2.45, 2.75) is 6.54 Å². The van der Waals surface area contributed by atoms with Gasteiger partial charge in [0, 0.05) is 37.0 Å². The number of benzene rings is 2. The lowest BCUT2D eigenvalue weighted by Crippen LogP contribution is -2.24. The highest BCUT2D eigenvalue weighted by atomic mass is 35.5. The first-order chi connectivity index (χ1) is 12.5. The summed E-state index contributed by atoms with van der Waals surface area (Å²) in [6.07, 6.45) is 0. The molecular formula is C18H19ClN6O. The Morgan fingerprint density at radius 3 is 2.42 bits per heavy atom. The number of nitrogens with one attached hydrogen (secondary N) is 3. The van der Waals surface area contributed by atoms with E-state index in [9.17, 15) is 4.79 Å². The monoisotopic (exact) mass is 370 g/mol. The minimum absolute atomic E-state index is 0.199. The highest BCUT2D eigenvalue weighted by Gasteiger charge is 2.16. The van der Waals surface area contributed by atoms with Gasteiger partial charge in [-0.1, -0.05) is 23.7 Å². The van der Waals surface area contributed by atoms with Crippen molar-refractivity contribution in [1.82, 2.24) is 20.7 Å². The number of aromatic amines is 1. The summed E-state index contributed by atoms with van der Waals surface area (Å²) in [6, 6.07) is 15.1. The number of carbonyl (C=O) groups excluding carboxylic acids is 1. The summed E-state index contributed by atoms with van der Waals surface area (Å²) in [4.78, 5) is 14.4. The second-order valence-electron chi connectivity index (χ2n) is 5.90. The quantitative estimate of drug-likeness (QED) is 0.620. The van der Waals surface area contributed by atoms with Crippen LogP contribution in [0.1, 0.15) is 16.1 Å². The number of H-pyrrole nitrogens is 1. The molecule has 0 atom stereocenters. The summed E-state index contributed by atoms with van der Waals surface area (Å²) in [5.74, 6) is 0.0414. The number of carbonyl (C=O) groups is 1. The third-order valence-corrected chi connectivity index (χ3v) is 4.03. The van der Waals surface area contributed by atoms with Crippen LogP contribution in [0.5, 0.6) is 0 Å². The van der Waals surface area contributed by atoms with Crippen molar-refractivity contribution in [1.29, 1.82) is 0 Å². The molecule has 7 nitrogen and oxygen atoms in total. The largest absolute Gasteiger partial charge is 0.378 e. The van der Waals surface area contributed by atoms with Gasteiger partial charge in [-0.15, -0.1) is 10.2 Å². The van der Waals surface area contributed by atoms with Crippen molar-refractivity contribution in [3.05, 3.63) is 64.8 Å². The van der Waals surface area contributed by atoms with Crippen molar-refractivity contribution in [2.24, 2.45) is 0 Å². The van der Waals surface area contributed by atoms with E-state index in [0.29, 0.717) is 17.4 Å². The number of amides is 1. The topological polar surface area (TPSA) is 85.9 Å². The fraction of sp³-hybridized carbons (Fsp3) is 0.167. The Bertz CT molecular complexity index is 873. The van der Waals surface area contributed by atoms with Crippen molar-refractivity contribution in [3.63, 3.8) is 0 Å². The van der Waals surface area contributed by atoms with E-state index in [1.807, 2.05) is 43.3 Å². The van der Waals surface area contributed by atoms with Gasteiger partial charge in [-0.05, 0) is 42.0 Å². The molecule has 0 unspecified atom stereocenters. The van der Waals surface area contributed by atoms with E-state index >= 15 is 0 Å². The zero-order valence-corrected chi connectivity index (χ0v) is 15.2. The first kappa shape index (κ1) is 17.8. The first-order valence-electron chi connectivity index (χ1n) is 8.01. The Morgan fingerprint density at radius 1 is 1.08 bits per heavy atom. The second-order valence-corrected chi connectivity index (χ2v) is 6.33. The van der Waals surface area contributed by atoms with Gasteiger partial charge >= 0.3 is 0 Å². The lowest BCUT2D eigenvalue weighted by molar-refractivity contribution is 0.0946. The number of hydrogen-bond donors (Lipinski definition) is 3. The van der Waals surface area contributed by atoms with E-state index in [2.05, 4.69) is 26.0 Å². The van der Waals surface area contributed by atoms with E-state index < -0.39 is 0 Å². The van der Waals surface area contributed by atoms with Gasteiger partial charge in [-0.3, -0.25) is 4.79 Å². The van der Waals surface area contributed by atoms with Crippen LogP contribution < -0.4 is 15.5 Å². The number of nitrogens with zero attached hydrogens (tertiary/aromatic N) is 3. The van der Waals surface area contributed by atoms with Gasteiger partial charge in [0.1, 0.15) is 0 Å². The summed E-state index contributed by atoms with van der Waals surface area (Å²) < 4.78 is 0. The molecular weight excluding hydrogens is 352 g/mol. The number of halogens is 1. The van der Waals surface area contributed by atoms with Crippen LogP contribution >= 0.6 is 11.6 Å². The van der Waals surface area contributed by atoms with Gasteiger partial charge in [-0.2, -0.15) is 5.21 Å². The number of anilines is 3. The molecule has 0 fully saturated rings. The molecule has 3 N–H and O–H groups in total. The standard InChI is InChI=1S/C18H19ClN6O/c1-25(2)15-9-3-12(4-10-15)11-20-18(26)16-17(23-24-22-16)21-14-7-5-13(19)6-8-14/h3-10H,11H2,1-2H3,(H,20,26)(H2,21,22,23,24). The van der Waals surface area contributed by atoms with Crippen molar-refractivity contribution in [2.75, 3.05) is 24.3 Å². The molecule has 26 heavy (non-hydrogen) atoms. The van der Waals surface area contributed by atoms with Crippen LogP contribution in [-0.2, 0) is 6.54 Å². The van der Waals surface area contributed by atoms with Crippen molar-refractivity contribution in [3.8, 4) is 0 Å². The average molecular weight is 371 g/mol. The van der Waals surface area contributed by atoms with E-state index in [-0.39, 0.29) is 11.6 Å². The molecule has 0 aliphatic rings. The smallest absolute Gasteiger partial charge is 0.275 e. The Labute approximate surface area is 156 Å². The molecule has 0 aliphatic carbocycles. The van der Waals surface area contributed by atoms with Crippen LogP contribution in [0, 0.1) is 0 Å². The fourth-order valence-electron chi connectivity index (χ4n) is 2.32. The maximum atomic E-state index is 12.4. The number of hydrogen-bond acceptors (Lipinski definition) is 5. The summed E-state index contributed by atoms with van der Waals surface area (Å²) in [5.41, 5.74) is 3.06. The molecule has 0 bridgehead atoms. The fourth-order valence-corrected chi connectivity index (χ4v) is 2.45. The van der Waals surface area contributed by atoms with Crippen LogP contribution in [-0.4, -0.2) is 35.4 Å². The predicted octanol–water partition coefficient (Wildman–Crippen LogP) is 3.20. The van der Waals surface area contributed by atoms with E-state index in [4.69, 9.17) is 11.6 Å². The van der Waals surface area contributed by atoms with Crippen molar-refractivity contribution < 1.29 is 4.79 Å². The lowest BCUT2D eigenvalue weighted by atomic mass is 10.2. The summed E-state index contributed by atoms with van der Waals surface area (Å²) in [6.45, 7) is 0.403. The Kier molecular flexibility index (Phi) is 5.38. The van der Waals surface area contributed by atoms with Gasteiger partial charge in [-0.25, -0.2) is 0 Å². The third kappa shape index (κ3) is 4.31. The summed E-state index contributed by atoms with van der Waals surface area (Å²) >= 11 is 5.87. The van der Waals surface area contributed by atoms with Crippen LogP contribution in [0.3, 0.4) is 0 Å². The average Bonchev–Trinajstić information content (AvgIpc) is 3.10. The Morgan fingerprint density at radius 2 is 1.77 bits per heavy atom. The molecule has 0 aliphatic heterocycles. The zero-order valence-electron chi connectivity index (χ0n) is 14.5. The number of aromatic nitrogens is 3. The lowest BCUT2D eigenvalue weighted by Gasteiger charge is -2.12. The van der Waals surface area contributed by atoms with Gasteiger partial charge in [0.2, 0.25) is 0 Å². The van der Waals surface area contributed by atoms with Gasteiger partial charge in [0.05, 0.1) is 0 Å². The van der Waals surface area contributed by atoms with Gasteiger partial charge in [0.25, 0.3) is 5.91 Å².